The Labute approximate surface area is 177 Å². The summed E-state index contributed by atoms with van der Waals surface area (Å²) in [6, 6.07) is 19.9. The summed E-state index contributed by atoms with van der Waals surface area (Å²) >= 11 is 0. The van der Waals surface area contributed by atoms with Gasteiger partial charge < -0.3 is 9.42 Å². The number of carbonyl (C=O) groups excluding carboxylic acids is 1. The van der Waals surface area contributed by atoms with Crippen molar-refractivity contribution >= 4 is 5.91 Å². The van der Waals surface area contributed by atoms with Gasteiger partial charge in [0.2, 0.25) is 11.7 Å². The SMILES string of the molecule is CC(C)CC(=O)N1CCN(Cc2ccccc2)CC1c1nc(-c2ccccc2)no1. The highest BCUT2D eigenvalue weighted by molar-refractivity contribution is 5.77. The molecule has 0 bridgehead atoms. The van der Waals surface area contributed by atoms with Crippen molar-refractivity contribution in [2.24, 2.45) is 5.92 Å². The lowest BCUT2D eigenvalue weighted by molar-refractivity contribution is -0.138. The molecule has 2 heterocycles. The molecule has 0 saturated carbocycles. The quantitative estimate of drug-likeness (QED) is 0.617. The van der Waals surface area contributed by atoms with Crippen LogP contribution < -0.4 is 0 Å². The van der Waals surface area contributed by atoms with Gasteiger partial charge in [0.25, 0.3) is 5.89 Å². The largest absolute Gasteiger partial charge is 0.337 e. The topological polar surface area (TPSA) is 62.5 Å². The highest BCUT2D eigenvalue weighted by Gasteiger charge is 2.35. The van der Waals surface area contributed by atoms with Crippen LogP contribution >= 0.6 is 0 Å². The molecule has 1 atom stereocenters. The number of hydrogen-bond acceptors (Lipinski definition) is 5. The Bertz CT molecular complexity index is 956. The number of benzene rings is 2. The van der Waals surface area contributed by atoms with Gasteiger partial charge in [-0.15, -0.1) is 0 Å². The molecule has 0 spiro atoms. The number of rotatable bonds is 6. The van der Waals surface area contributed by atoms with E-state index in [4.69, 9.17) is 4.52 Å². The minimum absolute atomic E-state index is 0.147. The number of nitrogens with zero attached hydrogens (tertiary/aromatic N) is 4. The molecule has 6 nitrogen and oxygen atoms in total. The fraction of sp³-hybridized carbons (Fsp3) is 0.375. The molecule has 1 amide bonds. The van der Waals surface area contributed by atoms with Crippen LogP contribution in [-0.2, 0) is 11.3 Å². The van der Waals surface area contributed by atoms with Crippen molar-refractivity contribution in [2.45, 2.75) is 32.9 Å². The van der Waals surface area contributed by atoms with Gasteiger partial charge in [0, 0.05) is 38.2 Å². The normalized spacial score (nSPS) is 17.4. The Hall–Kier alpha value is -2.99. The number of amides is 1. The summed E-state index contributed by atoms with van der Waals surface area (Å²) in [5.74, 6) is 1.52. The van der Waals surface area contributed by atoms with E-state index < -0.39 is 0 Å². The maximum absolute atomic E-state index is 13.0. The third-order valence-electron chi connectivity index (χ3n) is 5.38. The maximum Gasteiger partial charge on any atom is 0.251 e. The lowest BCUT2D eigenvalue weighted by Crippen LogP contribution is -2.50. The van der Waals surface area contributed by atoms with Crippen LogP contribution in [0.4, 0.5) is 0 Å². The first-order valence-corrected chi connectivity index (χ1v) is 10.5. The van der Waals surface area contributed by atoms with Gasteiger partial charge in [-0.25, -0.2) is 0 Å². The Morgan fingerprint density at radius 3 is 2.47 bits per heavy atom. The van der Waals surface area contributed by atoms with E-state index in [0.717, 1.165) is 18.7 Å². The fourth-order valence-corrected chi connectivity index (χ4v) is 3.88. The molecule has 1 aliphatic heterocycles. The van der Waals surface area contributed by atoms with Gasteiger partial charge in [-0.1, -0.05) is 79.7 Å². The zero-order valence-corrected chi connectivity index (χ0v) is 17.6. The van der Waals surface area contributed by atoms with E-state index in [2.05, 4.69) is 53.2 Å². The highest BCUT2D eigenvalue weighted by atomic mass is 16.5. The predicted molar refractivity (Wildman–Crippen MR) is 115 cm³/mol. The number of piperazine rings is 1. The lowest BCUT2D eigenvalue weighted by atomic mass is 10.1. The van der Waals surface area contributed by atoms with Crippen LogP contribution in [-0.4, -0.2) is 45.5 Å². The molecule has 3 aromatic rings. The molecule has 6 heteroatoms. The van der Waals surface area contributed by atoms with E-state index in [9.17, 15) is 4.79 Å². The monoisotopic (exact) mass is 404 g/mol. The van der Waals surface area contributed by atoms with Gasteiger partial charge in [-0.05, 0) is 11.5 Å². The van der Waals surface area contributed by atoms with Crippen LogP contribution in [0.2, 0.25) is 0 Å². The lowest BCUT2D eigenvalue weighted by Gasteiger charge is -2.40. The Morgan fingerprint density at radius 1 is 1.07 bits per heavy atom. The molecular formula is C24H28N4O2. The van der Waals surface area contributed by atoms with Crippen molar-refractivity contribution in [2.75, 3.05) is 19.6 Å². The van der Waals surface area contributed by atoms with Crippen LogP contribution in [0.1, 0.15) is 37.8 Å². The first kappa shape index (κ1) is 20.3. The molecule has 156 valence electrons. The van der Waals surface area contributed by atoms with Crippen LogP contribution in [0.3, 0.4) is 0 Å². The summed E-state index contributed by atoms with van der Waals surface area (Å²) in [7, 11) is 0. The molecule has 1 fully saturated rings. The Balaban J connectivity index is 1.57. The van der Waals surface area contributed by atoms with Gasteiger partial charge in [0.05, 0.1) is 0 Å². The van der Waals surface area contributed by atoms with Crippen molar-refractivity contribution in [3.05, 3.63) is 72.1 Å². The molecule has 4 rings (SSSR count). The molecule has 0 aliphatic carbocycles. The van der Waals surface area contributed by atoms with Crippen molar-refractivity contribution < 1.29 is 9.32 Å². The van der Waals surface area contributed by atoms with Gasteiger partial charge >= 0.3 is 0 Å². The molecule has 0 radical (unpaired) electrons. The smallest absolute Gasteiger partial charge is 0.251 e. The van der Waals surface area contributed by atoms with Gasteiger partial charge in [0.1, 0.15) is 6.04 Å². The van der Waals surface area contributed by atoms with Gasteiger partial charge in [-0.2, -0.15) is 4.98 Å². The minimum Gasteiger partial charge on any atom is -0.337 e. The Morgan fingerprint density at radius 2 is 1.77 bits per heavy atom. The van der Waals surface area contributed by atoms with E-state index in [1.807, 2.05) is 41.3 Å². The zero-order chi connectivity index (χ0) is 20.9. The Kier molecular flexibility index (Phi) is 6.23. The van der Waals surface area contributed by atoms with Gasteiger partial charge in [-0.3, -0.25) is 9.69 Å². The van der Waals surface area contributed by atoms with Gasteiger partial charge in [0.15, 0.2) is 0 Å². The van der Waals surface area contributed by atoms with Crippen molar-refractivity contribution in [3.8, 4) is 11.4 Å². The first-order valence-electron chi connectivity index (χ1n) is 10.5. The van der Waals surface area contributed by atoms with E-state index in [-0.39, 0.29) is 11.9 Å². The van der Waals surface area contributed by atoms with E-state index in [1.54, 1.807) is 0 Å². The molecule has 0 N–H and O–H groups in total. The average Bonchev–Trinajstić information content (AvgIpc) is 3.25. The van der Waals surface area contributed by atoms with Crippen LogP contribution in [0.25, 0.3) is 11.4 Å². The second-order valence-electron chi connectivity index (χ2n) is 8.24. The number of carbonyl (C=O) groups is 1. The second-order valence-corrected chi connectivity index (χ2v) is 8.24. The van der Waals surface area contributed by atoms with E-state index >= 15 is 0 Å². The third-order valence-corrected chi connectivity index (χ3v) is 5.38. The summed E-state index contributed by atoms with van der Waals surface area (Å²) in [5, 5.41) is 4.18. The zero-order valence-electron chi connectivity index (χ0n) is 17.6. The summed E-state index contributed by atoms with van der Waals surface area (Å²) in [6.07, 6.45) is 0.523. The summed E-state index contributed by atoms with van der Waals surface area (Å²) in [4.78, 5) is 21.9. The molecule has 1 saturated heterocycles. The molecule has 30 heavy (non-hydrogen) atoms. The summed E-state index contributed by atoms with van der Waals surface area (Å²) < 4.78 is 5.66. The summed E-state index contributed by atoms with van der Waals surface area (Å²) in [5.41, 5.74) is 2.17. The fourth-order valence-electron chi connectivity index (χ4n) is 3.88. The van der Waals surface area contributed by atoms with Crippen LogP contribution in [0, 0.1) is 5.92 Å². The summed E-state index contributed by atoms with van der Waals surface area (Å²) in [6.45, 7) is 7.14. The number of hydrogen-bond donors (Lipinski definition) is 0. The van der Waals surface area contributed by atoms with Crippen molar-refractivity contribution in [1.82, 2.24) is 19.9 Å². The van der Waals surface area contributed by atoms with E-state index in [0.29, 0.717) is 37.1 Å². The molecule has 2 aromatic carbocycles. The van der Waals surface area contributed by atoms with Crippen molar-refractivity contribution in [1.29, 1.82) is 0 Å². The average molecular weight is 405 g/mol. The maximum atomic E-state index is 13.0. The first-order chi connectivity index (χ1) is 14.6. The molecule has 1 aliphatic rings. The number of aromatic nitrogens is 2. The second kappa shape index (κ2) is 9.22. The molecule has 1 unspecified atom stereocenters. The highest BCUT2D eigenvalue weighted by Crippen LogP contribution is 2.28. The molecular weight excluding hydrogens is 376 g/mol. The van der Waals surface area contributed by atoms with Crippen LogP contribution in [0.5, 0.6) is 0 Å². The van der Waals surface area contributed by atoms with Crippen LogP contribution in [0.15, 0.2) is 65.2 Å². The predicted octanol–water partition coefficient (Wildman–Crippen LogP) is 4.17. The standard InChI is InChI=1S/C24H28N4O2/c1-18(2)15-22(29)28-14-13-27(16-19-9-5-3-6-10-19)17-21(28)24-25-23(26-30-24)20-11-7-4-8-12-20/h3-12,18,21H,13-17H2,1-2H3. The van der Waals surface area contributed by atoms with Crippen molar-refractivity contribution in [3.63, 3.8) is 0 Å². The minimum atomic E-state index is -0.237. The molecule has 1 aromatic heterocycles. The third kappa shape index (κ3) is 4.76. The van der Waals surface area contributed by atoms with E-state index in [1.165, 1.54) is 5.56 Å².